The van der Waals surface area contributed by atoms with Crippen LogP contribution in [0.4, 0.5) is 10.1 Å². The second-order valence-electron chi connectivity index (χ2n) is 5.62. The van der Waals surface area contributed by atoms with E-state index in [0.29, 0.717) is 17.9 Å². The molecule has 0 spiro atoms. The van der Waals surface area contributed by atoms with Gasteiger partial charge in [0.05, 0.1) is 16.7 Å². The van der Waals surface area contributed by atoms with Crippen LogP contribution in [-0.4, -0.2) is 26.2 Å². The quantitative estimate of drug-likeness (QED) is 0.737. The summed E-state index contributed by atoms with van der Waals surface area (Å²) in [6.45, 7) is 1.62. The van der Waals surface area contributed by atoms with Gasteiger partial charge in [0, 0.05) is 16.6 Å². The highest BCUT2D eigenvalue weighted by Gasteiger charge is 2.27. The molecule has 8 heteroatoms. The normalized spacial score (nSPS) is 12.8. The summed E-state index contributed by atoms with van der Waals surface area (Å²) in [5.74, 6) is -0.695. The van der Waals surface area contributed by atoms with Crippen molar-refractivity contribution in [2.45, 2.75) is 30.8 Å². The molecule has 136 valence electrons. The molecule has 2 aromatic carbocycles. The zero-order valence-corrected chi connectivity index (χ0v) is 15.8. The van der Waals surface area contributed by atoms with Crippen LogP contribution >= 0.6 is 23.2 Å². The van der Waals surface area contributed by atoms with Gasteiger partial charge in [-0.05, 0) is 62.2 Å². The first-order valence-electron chi connectivity index (χ1n) is 7.63. The van der Waals surface area contributed by atoms with Gasteiger partial charge in [-0.25, -0.2) is 12.8 Å². The van der Waals surface area contributed by atoms with Gasteiger partial charge in [-0.2, -0.15) is 0 Å². The molecule has 0 fully saturated rings. The summed E-state index contributed by atoms with van der Waals surface area (Å²) in [4.78, 5) is -0.00618. The molecule has 0 unspecified atom stereocenters. The summed E-state index contributed by atoms with van der Waals surface area (Å²) in [5, 5.41) is 10.0. The molecule has 2 aromatic rings. The van der Waals surface area contributed by atoms with Crippen molar-refractivity contribution in [1.29, 1.82) is 0 Å². The van der Waals surface area contributed by atoms with Crippen LogP contribution in [-0.2, 0) is 10.0 Å². The SMILES string of the molecule is C[C@@H](O)CCCN(c1cc(Cl)ccc1F)S(=O)(=O)c1ccc(Cl)cc1. The van der Waals surface area contributed by atoms with Crippen molar-refractivity contribution < 1.29 is 17.9 Å². The van der Waals surface area contributed by atoms with Crippen molar-refractivity contribution in [2.75, 3.05) is 10.8 Å². The maximum absolute atomic E-state index is 14.3. The predicted molar refractivity (Wildman–Crippen MR) is 98.3 cm³/mol. The van der Waals surface area contributed by atoms with Gasteiger partial charge in [-0.15, -0.1) is 0 Å². The van der Waals surface area contributed by atoms with Crippen LogP contribution in [0.1, 0.15) is 19.8 Å². The average molecular weight is 406 g/mol. The Bertz CT molecular complexity index is 826. The Kier molecular flexibility index (Phi) is 6.68. The smallest absolute Gasteiger partial charge is 0.264 e. The van der Waals surface area contributed by atoms with E-state index in [4.69, 9.17) is 23.2 Å². The number of benzene rings is 2. The zero-order chi connectivity index (χ0) is 18.6. The summed E-state index contributed by atoms with van der Waals surface area (Å²) in [6, 6.07) is 9.38. The zero-order valence-electron chi connectivity index (χ0n) is 13.5. The van der Waals surface area contributed by atoms with E-state index in [1.807, 2.05) is 0 Å². The van der Waals surface area contributed by atoms with Gasteiger partial charge in [0.15, 0.2) is 0 Å². The fourth-order valence-corrected chi connectivity index (χ4v) is 4.11. The number of anilines is 1. The molecule has 4 nitrogen and oxygen atoms in total. The first-order chi connectivity index (χ1) is 11.7. The summed E-state index contributed by atoms with van der Waals surface area (Å²) in [6.07, 6.45) is 0.162. The minimum Gasteiger partial charge on any atom is -0.393 e. The highest BCUT2D eigenvalue weighted by atomic mass is 35.5. The molecule has 1 N–H and O–H groups in total. The molecule has 0 aliphatic heterocycles. The number of hydrogen-bond acceptors (Lipinski definition) is 3. The topological polar surface area (TPSA) is 57.6 Å². The minimum absolute atomic E-state index is 0.00618. The largest absolute Gasteiger partial charge is 0.393 e. The van der Waals surface area contributed by atoms with Gasteiger partial charge >= 0.3 is 0 Å². The number of sulfonamides is 1. The van der Waals surface area contributed by atoms with Crippen LogP contribution in [0.15, 0.2) is 47.4 Å². The molecule has 0 amide bonds. The van der Waals surface area contributed by atoms with E-state index in [2.05, 4.69) is 0 Å². The van der Waals surface area contributed by atoms with Crippen molar-refractivity contribution in [3.05, 3.63) is 58.3 Å². The third-order valence-corrected chi connectivity index (χ3v) is 5.88. The molecule has 25 heavy (non-hydrogen) atoms. The highest BCUT2D eigenvalue weighted by Crippen LogP contribution is 2.30. The lowest BCUT2D eigenvalue weighted by atomic mass is 10.2. The first kappa shape index (κ1) is 20.0. The number of halogens is 3. The summed E-state index contributed by atoms with van der Waals surface area (Å²) < 4.78 is 41.2. The lowest BCUT2D eigenvalue weighted by Gasteiger charge is -2.25. The van der Waals surface area contributed by atoms with Crippen molar-refractivity contribution in [2.24, 2.45) is 0 Å². The van der Waals surface area contributed by atoms with Crippen molar-refractivity contribution in [3.8, 4) is 0 Å². The van der Waals surface area contributed by atoms with Gasteiger partial charge in [-0.1, -0.05) is 23.2 Å². The maximum atomic E-state index is 14.3. The van der Waals surface area contributed by atoms with Gasteiger partial charge in [-0.3, -0.25) is 4.31 Å². The van der Waals surface area contributed by atoms with Crippen LogP contribution in [0.25, 0.3) is 0 Å². The standard InChI is InChI=1S/C17H18Cl2FNO3S/c1-12(22)3-2-10-21(17-11-14(19)6-9-16(17)20)25(23,24)15-7-4-13(18)5-8-15/h4-9,11-12,22H,2-3,10H2,1H3/t12-/m1/s1. The molecule has 1 atom stereocenters. The van der Waals surface area contributed by atoms with E-state index < -0.39 is 21.9 Å². The van der Waals surface area contributed by atoms with E-state index in [1.165, 1.54) is 36.4 Å². The van der Waals surface area contributed by atoms with Gasteiger partial charge < -0.3 is 5.11 Å². The summed E-state index contributed by atoms with van der Waals surface area (Å²) in [5.41, 5.74) is -0.131. The molecule has 2 rings (SSSR count). The van der Waals surface area contributed by atoms with Crippen LogP contribution in [0.5, 0.6) is 0 Å². The number of aliphatic hydroxyl groups excluding tert-OH is 1. The van der Waals surface area contributed by atoms with Crippen LogP contribution < -0.4 is 4.31 Å². The van der Waals surface area contributed by atoms with E-state index in [1.54, 1.807) is 6.92 Å². The van der Waals surface area contributed by atoms with E-state index in [0.717, 1.165) is 10.4 Å². The summed E-state index contributed by atoms with van der Waals surface area (Å²) in [7, 11) is -4.01. The van der Waals surface area contributed by atoms with E-state index in [-0.39, 0.29) is 22.2 Å². The third-order valence-electron chi connectivity index (χ3n) is 3.56. The molecule has 0 aromatic heterocycles. The van der Waals surface area contributed by atoms with Crippen molar-refractivity contribution in [1.82, 2.24) is 0 Å². The fourth-order valence-electron chi connectivity index (χ4n) is 2.31. The first-order valence-corrected chi connectivity index (χ1v) is 9.83. The molecule has 0 saturated carbocycles. The third kappa shape index (κ3) is 5.07. The van der Waals surface area contributed by atoms with Crippen LogP contribution in [0.3, 0.4) is 0 Å². The Labute approximate surface area is 156 Å². The second kappa shape index (κ2) is 8.36. The Morgan fingerprint density at radius 3 is 2.32 bits per heavy atom. The van der Waals surface area contributed by atoms with E-state index >= 15 is 0 Å². The highest BCUT2D eigenvalue weighted by molar-refractivity contribution is 7.92. The molecule has 0 heterocycles. The molecule has 0 bridgehead atoms. The number of hydrogen-bond donors (Lipinski definition) is 1. The van der Waals surface area contributed by atoms with Crippen molar-refractivity contribution >= 4 is 38.9 Å². The van der Waals surface area contributed by atoms with Crippen LogP contribution in [0.2, 0.25) is 10.0 Å². The molecule has 0 aliphatic rings. The molecule has 0 saturated heterocycles. The number of rotatable bonds is 7. The molecular weight excluding hydrogens is 388 g/mol. The minimum atomic E-state index is -4.01. The van der Waals surface area contributed by atoms with Gasteiger partial charge in [0.1, 0.15) is 5.82 Å². The Hall–Kier alpha value is -1.34. The Morgan fingerprint density at radius 1 is 1.12 bits per heavy atom. The fraction of sp³-hybridized carbons (Fsp3) is 0.294. The van der Waals surface area contributed by atoms with Gasteiger partial charge in [0.2, 0.25) is 0 Å². The maximum Gasteiger partial charge on any atom is 0.264 e. The number of aliphatic hydroxyl groups is 1. The predicted octanol–water partition coefficient (Wildman–Crippen LogP) is 4.49. The second-order valence-corrected chi connectivity index (χ2v) is 8.35. The lowest BCUT2D eigenvalue weighted by molar-refractivity contribution is 0.182. The van der Waals surface area contributed by atoms with Crippen molar-refractivity contribution in [3.63, 3.8) is 0 Å². The van der Waals surface area contributed by atoms with Gasteiger partial charge in [0.25, 0.3) is 10.0 Å². The Balaban J connectivity index is 2.46. The average Bonchev–Trinajstić information content (AvgIpc) is 2.54. The Morgan fingerprint density at radius 2 is 1.72 bits per heavy atom. The number of nitrogens with zero attached hydrogens (tertiary/aromatic N) is 1. The monoisotopic (exact) mass is 405 g/mol. The molecule has 0 aliphatic carbocycles. The summed E-state index contributed by atoms with van der Waals surface area (Å²) >= 11 is 11.7. The molecule has 0 radical (unpaired) electrons. The van der Waals surface area contributed by atoms with E-state index in [9.17, 15) is 17.9 Å². The lowest BCUT2D eigenvalue weighted by Crippen LogP contribution is -2.33. The molecular formula is C17H18Cl2FNO3S. The van der Waals surface area contributed by atoms with Crippen LogP contribution in [0, 0.1) is 5.82 Å².